The molecule has 0 spiro atoms. The van der Waals surface area contributed by atoms with Gasteiger partial charge in [0.1, 0.15) is 48.8 Å². The Morgan fingerprint density at radius 2 is 1.33 bits per heavy atom. The number of aliphatic hydroxyl groups excluding tert-OH is 9. The lowest BCUT2D eigenvalue weighted by Gasteiger charge is -2.63. The maximum absolute atomic E-state index is 12.0. The topological polar surface area (TPSA) is 248 Å². The number of hydrogen-bond donors (Lipinski definition) is 10. The van der Waals surface area contributed by atoms with Gasteiger partial charge in [0.05, 0.1) is 38.1 Å². The smallest absolute Gasteiger partial charge is 0.186 e. The van der Waals surface area contributed by atoms with Crippen LogP contribution in [0.15, 0.2) is 0 Å². The van der Waals surface area contributed by atoms with Gasteiger partial charge >= 0.3 is 0 Å². The van der Waals surface area contributed by atoms with Gasteiger partial charge in [-0.25, -0.2) is 0 Å². The number of aliphatic hydroxyl groups is 10. The highest BCUT2D eigenvalue weighted by atomic mass is 16.7. The molecule has 15 nitrogen and oxygen atoms in total. The average molecular weight is 775 g/mol. The van der Waals surface area contributed by atoms with Gasteiger partial charge < -0.3 is 74.7 Å². The van der Waals surface area contributed by atoms with Crippen molar-refractivity contribution in [1.29, 1.82) is 0 Å². The van der Waals surface area contributed by atoms with Gasteiger partial charge in [-0.15, -0.1) is 0 Å². The molecule has 7 aliphatic rings. The van der Waals surface area contributed by atoms with Crippen LogP contribution in [0.4, 0.5) is 0 Å². The molecule has 0 bridgehead atoms. The van der Waals surface area contributed by atoms with Crippen molar-refractivity contribution in [2.75, 3.05) is 19.8 Å². The second kappa shape index (κ2) is 15.5. The van der Waals surface area contributed by atoms with Crippen molar-refractivity contribution in [3.8, 4) is 0 Å². The number of ether oxygens (including phenoxy) is 5. The Labute approximate surface area is 317 Å². The molecule has 312 valence electrons. The van der Waals surface area contributed by atoms with E-state index in [1.54, 1.807) is 0 Å². The lowest BCUT2D eigenvalue weighted by Crippen LogP contribution is -2.63. The molecule has 15 heteroatoms. The highest BCUT2D eigenvalue weighted by Gasteiger charge is 2.69. The van der Waals surface area contributed by atoms with E-state index in [4.69, 9.17) is 23.7 Å². The van der Waals surface area contributed by atoms with Crippen LogP contribution >= 0.6 is 0 Å². The van der Waals surface area contributed by atoms with E-state index in [0.717, 1.165) is 25.7 Å². The highest BCUT2D eigenvalue weighted by molar-refractivity contribution is 5.16. The monoisotopic (exact) mass is 774 g/mol. The van der Waals surface area contributed by atoms with Gasteiger partial charge in [-0.3, -0.25) is 0 Å². The number of rotatable bonds is 10. The standard InChI is InChI=1S/C39H66O15/c1-17(16-50-35-33(47)31(45)29(43)26(14-40)52-35)5-10-39(49)18(2)28-25(54-39)13-22-20-12-24(51-36-34(48)32(46)30(44)27(15-41)53-36)23-11-19(42)6-8-37(23,3)21(20)7-9-38(22,28)4/h17-36,40-49H,5-16H2,1-4H3. The lowest BCUT2D eigenvalue weighted by molar-refractivity contribution is -0.328. The van der Waals surface area contributed by atoms with Crippen molar-refractivity contribution in [1.82, 2.24) is 0 Å². The summed E-state index contributed by atoms with van der Waals surface area (Å²) in [6.45, 7) is 7.80. The zero-order valence-electron chi connectivity index (χ0n) is 32.0. The Morgan fingerprint density at radius 3 is 1.98 bits per heavy atom. The fourth-order valence-electron chi connectivity index (χ4n) is 12.7. The molecule has 0 amide bonds. The minimum atomic E-state index is -1.54. The Balaban J connectivity index is 1.02. The van der Waals surface area contributed by atoms with Crippen molar-refractivity contribution in [2.45, 2.75) is 171 Å². The van der Waals surface area contributed by atoms with Gasteiger partial charge in [0, 0.05) is 12.3 Å². The molecule has 7 rings (SSSR count). The predicted molar refractivity (Wildman–Crippen MR) is 188 cm³/mol. The average Bonchev–Trinajstić information content (AvgIpc) is 3.58. The largest absolute Gasteiger partial charge is 0.394 e. The second-order valence-corrected chi connectivity index (χ2v) is 18.8. The second-order valence-electron chi connectivity index (χ2n) is 18.8. The first-order valence-electron chi connectivity index (χ1n) is 20.4. The fraction of sp³-hybridized carbons (Fsp3) is 1.00. The molecule has 0 radical (unpaired) electrons. The maximum Gasteiger partial charge on any atom is 0.186 e. The van der Waals surface area contributed by atoms with Crippen LogP contribution in [-0.2, 0) is 23.7 Å². The summed E-state index contributed by atoms with van der Waals surface area (Å²) in [6.07, 6.45) is -8.01. The summed E-state index contributed by atoms with van der Waals surface area (Å²) in [4.78, 5) is 0. The molecule has 4 aliphatic carbocycles. The van der Waals surface area contributed by atoms with Crippen LogP contribution in [0, 0.1) is 52.3 Å². The number of fused-ring (bicyclic) bond motifs is 7. The molecule has 3 saturated heterocycles. The van der Waals surface area contributed by atoms with Crippen LogP contribution in [0.3, 0.4) is 0 Å². The third kappa shape index (κ3) is 6.92. The summed E-state index contributed by atoms with van der Waals surface area (Å²) in [7, 11) is 0. The van der Waals surface area contributed by atoms with Crippen LogP contribution in [0.25, 0.3) is 0 Å². The predicted octanol–water partition coefficient (Wildman–Crippen LogP) is -0.633. The molecule has 54 heavy (non-hydrogen) atoms. The summed E-state index contributed by atoms with van der Waals surface area (Å²) >= 11 is 0. The Bertz CT molecular complexity index is 1290. The van der Waals surface area contributed by atoms with Crippen LogP contribution in [0.5, 0.6) is 0 Å². The molecular formula is C39H66O15. The first-order valence-corrected chi connectivity index (χ1v) is 20.4. The maximum atomic E-state index is 12.0. The molecule has 10 N–H and O–H groups in total. The number of hydrogen-bond acceptors (Lipinski definition) is 15. The molecule has 0 aromatic carbocycles. The molecule has 3 aliphatic heterocycles. The Kier molecular flexibility index (Phi) is 12.0. The lowest BCUT2D eigenvalue weighted by atomic mass is 9.43. The van der Waals surface area contributed by atoms with E-state index < -0.39 is 92.6 Å². The molecule has 0 aromatic rings. The quantitative estimate of drug-likeness (QED) is 0.124. The molecule has 4 saturated carbocycles. The normalized spacial score (nSPS) is 56.4. The summed E-state index contributed by atoms with van der Waals surface area (Å²) in [5.74, 6) is -0.508. The van der Waals surface area contributed by atoms with E-state index in [-0.39, 0.29) is 59.0 Å². The third-order valence-electron chi connectivity index (χ3n) is 15.9. The summed E-state index contributed by atoms with van der Waals surface area (Å²) in [6, 6.07) is 0. The van der Waals surface area contributed by atoms with Crippen molar-refractivity contribution in [3.63, 3.8) is 0 Å². The third-order valence-corrected chi connectivity index (χ3v) is 15.9. The summed E-state index contributed by atoms with van der Waals surface area (Å²) in [5.41, 5.74) is -0.250. The molecule has 23 unspecified atom stereocenters. The van der Waals surface area contributed by atoms with E-state index in [2.05, 4.69) is 20.8 Å². The van der Waals surface area contributed by atoms with Gasteiger partial charge in [0.15, 0.2) is 18.4 Å². The van der Waals surface area contributed by atoms with Crippen molar-refractivity contribution < 1.29 is 74.7 Å². The first-order chi connectivity index (χ1) is 25.5. The van der Waals surface area contributed by atoms with E-state index in [9.17, 15) is 51.1 Å². The summed E-state index contributed by atoms with van der Waals surface area (Å²) < 4.78 is 30.3. The van der Waals surface area contributed by atoms with E-state index in [1.165, 1.54) is 0 Å². The minimum absolute atomic E-state index is 0.00734. The van der Waals surface area contributed by atoms with Crippen LogP contribution in [-0.4, -0.2) is 156 Å². The van der Waals surface area contributed by atoms with E-state index >= 15 is 0 Å². The van der Waals surface area contributed by atoms with Crippen LogP contribution in [0.2, 0.25) is 0 Å². The van der Waals surface area contributed by atoms with Gasteiger partial charge in [-0.1, -0.05) is 27.7 Å². The SMILES string of the molecule is CC(CCC1(O)OC2CC3C4CC(OC5OC(CO)C(O)C(O)C5O)C5CC(O)CCC5(C)C4CCC3(C)C2C1C)COC1OC(CO)C(O)C(O)C1O. The molecule has 0 aromatic heterocycles. The zero-order chi connectivity index (χ0) is 39.1. The zero-order valence-corrected chi connectivity index (χ0v) is 32.0. The van der Waals surface area contributed by atoms with E-state index in [0.29, 0.717) is 38.0 Å². The minimum Gasteiger partial charge on any atom is -0.394 e. The van der Waals surface area contributed by atoms with Crippen LogP contribution in [0.1, 0.15) is 85.5 Å². The van der Waals surface area contributed by atoms with Gasteiger partial charge in [-0.05, 0) is 97.7 Å². The highest BCUT2D eigenvalue weighted by Crippen LogP contribution is 2.71. The molecule has 7 fully saturated rings. The molecule has 23 atom stereocenters. The van der Waals surface area contributed by atoms with Gasteiger partial charge in [0.2, 0.25) is 0 Å². The van der Waals surface area contributed by atoms with Crippen LogP contribution < -0.4 is 0 Å². The Morgan fingerprint density at radius 1 is 0.722 bits per heavy atom. The fourth-order valence-corrected chi connectivity index (χ4v) is 12.7. The first kappa shape index (κ1) is 41.6. The van der Waals surface area contributed by atoms with Gasteiger partial charge in [-0.2, -0.15) is 0 Å². The van der Waals surface area contributed by atoms with Crippen molar-refractivity contribution in [2.24, 2.45) is 52.3 Å². The Hall–Kier alpha value is -0.600. The van der Waals surface area contributed by atoms with Crippen molar-refractivity contribution >= 4 is 0 Å². The summed E-state index contributed by atoms with van der Waals surface area (Å²) in [5, 5.41) is 105. The molecular weight excluding hydrogens is 708 g/mol. The van der Waals surface area contributed by atoms with E-state index in [1.807, 2.05) is 6.92 Å². The molecule has 3 heterocycles. The van der Waals surface area contributed by atoms with Crippen molar-refractivity contribution in [3.05, 3.63) is 0 Å². The van der Waals surface area contributed by atoms with Gasteiger partial charge in [0.25, 0.3) is 0 Å².